The molecule has 1 aromatic carbocycles. The summed E-state index contributed by atoms with van der Waals surface area (Å²) in [6.07, 6.45) is 1.69. The van der Waals surface area contributed by atoms with Crippen molar-refractivity contribution in [3.05, 3.63) is 87.3 Å². The number of ether oxygens (including phenoxy) is 2. The molecule has 0 aliphatic carbocycles. The molecule has 1 aliphatic rings. The summed E-state index contributed by atoms with van der Waals surface area (Å²) in [6.45, 7) is 5.12. The third-order valence-corrected chi connectivity index (χ3v) is 7.61. The molecule has 1 atom stereocenters. The van der Waals surface area contributed by atoms with Crippen molar-refractivity contribution in [2.45, 2.75) is 26.8 Å². The van der Waals surface area contributed by atoms with Crippen LogP contribution in [-0.4, -0.2) is 56.8 Å². The summed E-state index contributed by atoms with van der Waals surface area (Å²) in [5.41, 5.74) is 2.08. The average Bonchev–Trinajstić information content (AvgIpc) is 3.58. The number of pyridine rings is 1. The number of benzene rings is 1. The Labute approximate surface area is 232 Å². The van der Waals surface area contributed by atoms with Crippen LogP contribution in [0.5, 0.6) is 0 Å². The minimum Gasteiger partial charge on any atom is -0.505 e. The number of thiazole rings is 1. The Bertz CT molecular complexity index is 1720. The fraction of sp³-hybridized carbons (Fsp3) is 0.214. The molecule has 4 heterocycles. The number of rotatable bonds is 6. The fourth-order valence-corrected chi connectivity index (χ4v) is 5.65. The van der Waals surface area contributed by atoms with E-state index in [1.54, 1.807) is 61.7 Å². The number of aromatic nitrogens is 3. The van der Waals surface area contributed by atoms with E-state index in [4.69, 9.17) is 9.47 Å². The summed E-state index contributed by atoms with van der Waals surface area (Å²) >= 11 is 0.909. The van der Waals surface area contributed by atoms with Gasteiger partial charge in [-0.15, -0.1) is 0 Å². The molecule has 1 aliphatic heterocycles. The fourth-order valence-electron chi connectivity index (χ4n) is 4.66. The molecule has 4 aromatic rings. The monoisotopic (exact) mass is 560 g/mol. The number of nitrogens with zero attached hydrogens (tertiary/aromatic N) is 4. The van der Waals surface area contributed by atoms with Crippen LogP contribution in [0.1, 0.15) is 55.6 Å². The normalized spacial score (nSPS) is 16.5. The molecule has 1 saturated heterocycles. The molecule has 5 rings (SSSR count). The van der Waals surface area contributed by atoms with Crippen LogP contribution in [0, 0.1) is 13.8 Å². The zero-order valence-corrected chi connectivity index (χ0v) is 22.8. The molecule has 1 unspecified atom stereocenters. The number of imidazole rings is 1. The number of aryl methyl sites for hydroxylation is 2. The number of carbonyl (C=O) groups is 4. The van der Waals surface area contributed by atoms with Crippen LogP contribution in [0.3, 0.4) is 0 Å². The highest BCUT2D eigenvalue weighted by Gasteiger charge is 2.49. The predicted octanol–water partition coefficient (Wildman–Crippen LogP) is 4.00. The van der Waals surface area contributed by atoms with Gasteiger partial charge < -0.3 is 14.6 Å². The SMILES string of the molecule is CCOC(=O)c1sc(N2C(=O)C(=O)C(=C(O)c3c(C)nc4ccccn34)C2c2ccc(C(=O)OC)cc2)nc1C. The lowest BCUT2D eigenvalue weighted by Gasteiger charge is -2.23. The Hall–Kier alpha value is -4.84. The molecule has 1 amide bonds. The summed E-state index contributed by atoms with van der Waals surface area (Å²) in [6, 6.07) is 10.3. The van der Waals surface area contributed by atoms with Gasteiger partial charge in [-0.2, -0.15) is 0 Å². The number of aliphatic hydroxyl groups excluding tert-OH is 1. The molecule has 3 aromatic heterocycles. The van der Waals surface area contributed by atoms with E-state index in [1.165, 1.54) is 19.2 Å². The number of carbonyl (C=O) groups excluding carboxylic acids is 4. The minimum absolute atomic E-state index is 0.0820. The highest BCUT2D eigenvalue weighted by Crippen LogP contribution is 2.44. The van der Waals surface area contributed by atoms with Gasteiger partial charge in [-0.1, -0.05) is 29.5 Å². The van der Waals surface area contributed by atoms with E-state index in [-0.39, 0.29) is 33.4 Å². The first kappa shape index (κ1) is 26.8. The van der Waals surface area contributed by atoms with E-state index >= 15 is 0 Å². The van der Waals surface area contributed by atoms with Crippen molar-refractivity contribution in [2.24, 2.45) is 0 Å². The zero-order chi connectivity index (χ0) is 28.7. The van der Waals surface area contributed by atoms with Crippen molar-refractivity contribution < 1.29 is 33.8 Å². The van der Waals surface area contributed by atoms with Gasteiger partial charge in [-0.05, 0) is 50.6 Å². The van der Waals surface area contributed by atoms with Crippen molar-refractivity contribution in [3.8, 4) is 0 Å². The third kappa shape index (κ3) is 4.31. The third-order valence-electron chi connectivity index (χ3n) is 6.47. The summed E-state index contributed by atoms with van der Waals surface area (Å²) < 4.78 is 11.5. The van der Waals surface area contributed by atoms with Crippen molar-refractivity contribution in [2.75, 3.05) is 18.6 Å². The number of esters is 2. The summed E-state index contributed by atoms with van der Waals surface area (Å²) in [4.78, 5) is 61.9. The Morgan fingerprint density at radius 1 is 1.02 bits per heavy atom. The van der Waals surface area contributed by atoms with E-state index in [0.29, 0.717) is 22.6 Å². The number of ketones is 1. The Morgan fingerprint density at radius 2 is 1.75 bits per heavy atom. The van der Waals surface area contributed by atoms with Gasteiger partial charge in [-0.3, -0.25) is 18.9 Å². The number of aliphatic hydroxyl groups is 1. The topological polar surface area (TPSA) is 140 Å². The lowest BCUT2D eigenvalue weighted by Crippen LogP contribution is -2.29. The maximum absolute atomic E-state index is 13.6. The molecule has 0 bridgehead atoms. The maximum Gasteiger partial charge on any atom is 0.350 e. The molecule has 0 saturated carbocycles. The zero-order valence-electron chi connectivity index (χ0n) is 22.0. The van der Waals surface area contributed by atoms with Gasteiger partial charge in [0.1, 0.15) is 16.2 Å². The lowest BCUT2D eigenvalue weighted by molar-refractivity contribution is -0.132. The number of hydrogen-bond donors (Lipinski definition) is 1. The standard InChI is InChI=1S/C28H24N4O7S/c1-5-39-27(37)24-15(3)30-28(40-24)32-21(16-9-11-17(12-10-16)26(36)38-4)19(23(34)25(32)35)22(33)20-14(2)29-18-8-6-7-13-31(18)20/h6-13,21,33H,5H2,1-4H3. The van der Waals surface area contributed by atoms with Crippen LogP contribution in [0.15, 0.2) is 54.2 Å². The first-order valence-corrected chi connectivity index (χ1v) is 13.1. The number of anilines is 1. The molecular formula is C28H24N4O7S. The van der Waals surface area contributed by atoms with Crippen LogP contribution in [0.25, 0.3) is 11.4 Å². The predicted molar refractivity (Wildman–Crippen MR) is 145 cm³/mol. The maximum atomic E-state index is 13.6. The van der Waals surface area contributed by atoms with Gasteiger partial charge in [0.05, 0.1) is 42.3 Å². The van der Waals surface area contributed by atoms with Crippen LogP contribution in [-0.2, 0) is 19.1 Å². The van der Waals surface area contributed by atoms with E-state index in [9.17, 15) is 24.3 Å². The summed E-state index contributed by atoms with van der Waals surface area (Å²) in [5, 5.41) is 11.7. The molecule has 12 heteroatoms. The van der Waals surface area contributed by atoms with E-state index < -0.39 is 35.4 Å². The largest absolute Gasteiger partial charge is 0.505 e. The van der Waals surface area contributed by atoms with Gasteiger partial charge in [-0.25, -0.2) is 19.6 Å². The van der Waals surface area contributed by atoms with Crippen molar-refractivity contribution in [3.63, 3.8) is 0 Å². The molecule has 204 valence electrons. The molecule has 0 spiro atoms. The van der Waals surface area contributed by atoms with Crippen molar-refractivity contribution in [1.29, 1.82) is 0 Å². The quantitative estimate of drug-likeness (QED) is 0.160. The minimum atomic E-state index is -1.12. The number of hydrogen-bond acceptors (Lipinski definition) is 10. The smallest absolute Gasteiger partial charge is 0.350 e. The van der Waals surface area contributed by atoms with Gasteiger partial charge in [0.2, 0.25) is 0 Å². The molecular weight excluding hydrogens is 536 g/mol. The molecule has 0 radical (unpaired) electrons. The van der Waals surface area contributed by atoms with Crippen LogP contribution < -0.4 is 4.90 Å². The molecule has 1 fully saturated rings. The molecule has 40 heavy (non-hydrogen) atoms. The van der Waals surface area contributed by atoms with Gasteiger partial charge in [0, 0.05) is 6.20 Å². The molecule has 1 N–H and O–H groups in total. The number of Topliss-reactive ketones (excluding diaryl/α,β-unsaturated/α-hetero) is 1. The number of methoxy groups -OCH3 is 1. The second-order valence-corrected chi connectivity index (χ2v) is 9.87. The highest BCUT2D eigenvalue weighted by molar-refractivity contribution is 7.17. The van der Waals surface area contributed by atoms with Crippen LogP contribution >= 0.6 is 11.3 Å². The summed E-state index contributed by atoms with van der Waals surface area (Å²) in [5.74, 6) is -3.44. The lowest BCUT2D eigenvalue weighted by atomic mass is 9.95. The van der Waals surface area contributed by atoms with Crippen LogP contribution in [0.4, 0.5) is 5.13 Å². The highest BCUT2D eigenvalue weighted by atomic mass is 32.1. The van der Waals surface area contributed by atoms with Crippen molar-refractivity contribution in [1.82, 2.24) is 14.4 Å². The van der Waals surface area contributed by atoms with Gasteiger partial charge in [0.15, 0.2) is 10.9 Å². The summed E-state index contributed by atoms with van der Waals surface area (Å²) in [7, 11) is 1.26. The Balaban J connectivity index is 1.73. The van der Waals surface area contributed by atoms with Crippen molar-refractivity contribution >= 4 is 51.5 Å². The number of amides is 1. The van der Waals surface area contributed by atoms with Crippen LogP contribution in [0.2, 0.25) is 0 Å². The average molecular weight is 561 g/mol. The Kier molecular flexibility index (Phi) is 6.94. The first-order valence-electron chi connectivity index (χ1n) is 12.3. The van der Waals surface area contributed by atoms with Gasteiger partial charge >= 0.3 is 17.8 Å². The van der Waals surface area contributed by atoms with E-state index in [2.05, 4.69) is 9.97 Å². The van der Waals surface area contributed by atoms with E-state index in [1.807, 2.05) is 0 Å². The van der Waals surface area contributed by atoms with Gasteiger partial charge in [0.25, 0.3) is 5.78 Å². The first-order chi connectivity index (χ1) is 19.2. The second kappa shape index (κ2) is 10.4. The van der Waals surface area contributed by atoms with E-state index in [0.717, 1.165) is 16.2 Å². The molecule has 11 nitrogen and oxygen atoms in total. The number of fused-ring (bicyclic) bond motifs is 1. The second-order valence-electron chi connectivity index (χ2n) is 8.89. The Morgan fingerprint density at radius 3 is 2.42 bits per heavy atom.